The molecule has 0 saturated carbocycles. The smallest absolute Gasteiger partial charge is 0.123 e. The van der Waals surface area contributed by atoms with E-state index in [4.69, 9.17) is 0 Å². The van der Waals surface area contributed by atoms with Crippen LogP contribution in [0.5, 0.6) is 0 Å². The van der Waals surface area contributed by atoms with Crippen LogP contribution >= 0.6 is 15.8 Å². The third-order valence-corrected chi connectivity index (χ3v) is 10.5. The van der Waals surface area contributed by atoms with Crippen molar-refractivity contribution in [2.45, 2.75) is 0 Å². The average molecular weight is 518 g/mol. The van der Waals surface area contributed by atoms with Crippen LogP contribution in [-0.4, -0.2) is 0 Å². The van der Waals surface area contributed by atoms with E-state index in [1.165, 1.54) is 48.5 Å². The van der Waals surface area contributed by atoms with Gasteiger partial charge in [-0.25, -0.2) is 17.6 Å². The van der Waals surface area contributed by atoms with Gasteiger partial charge in [-0.2, -0.15) is 0 Å². The Balaban J connectivity index is 1.65. The number of rotatable bonds is 6. The lowest BCUT2D eigenvalue weighted by Gasteiger charge is -2.23. The zero-order chi connectivity index (χ0) is 25.1. The third kappa shape index (κ3) is 5.41. The highest BCUT2D eigenvalue weighted by molar-refractivity contribution is 7.81. The molecule has 0 N–H and O–H groups in total. The van der Waals surface area contributed by atoms with Gasteiger partial charge in [0.15, 0.2) is 0 Å². The van der Waals surface area contributed by atoms with Crippen LogP contribution in [-0.2, 0) is 0 Å². The Morgan fingerprint density at radius 2 is 0.556 bits per heavy atom. The molecule has 5 aromatic carbocycles. The molecule has 36 heavy (non-hydrogen) atoms. The van der Waals surface area contributed by atoms with Crippen molar-refractivity contribution >= 4 is 47.7 Å². The Kier molecular flexibility index (Phi) is 7.28. The molecule has 0 aliphatic rings. The van der Waals surface area contributed by atoms with Crippen molar-refractivity contribution in [1.29, 1.82) is 0 Å². The van der Waals surface area contributed by atoms with Crippen LogP contribution in [0.4, 0.5) is 17.6 Å². The van der Waals surface area contributed by atoms with Gasteiger partial charge in [0, 0.05) is 0 Å². The number of halogens is 4. The molecule has 0 aromatic heterocycles. The van der Waals surface area contributed by atoms with Gasteiger partial charge in [-0.3, -0.25) is 0 Å². The SMILES string of the molecule is Fc1ccc(P(c2ccc(F)cc2)c2cccc(P(c3ccc(F)cc3)c3ccc(F)cc3)c2)cc1. The first-order valence-electron chi connectivity index (χ1n) is 11.2. The molecule has 0 unspecified atom stereocenters. The van der Waals surface area contributed by atoms with Crippen molar-refractivity contribution in [3.63, 3.8) is 0 Å². The first kappa shape index (κ1) is 24.4. The summed E-state index contributed by atoms with van der Waals surface area (Å²) < 4.78 is 54.9. The molecule has 5 aromatic rings. The summed E-state index contributed by atoms with van der Waals surface area (Å²) in [6, 6.07) is 33.7. The molecular formula is C30H20F4P2. The molecule has 0 radical (unpaired) electrons. The summed E-state index contributed by atoms with van der Waals surface area (Å²) in [7, 11) is -2.21. The molecule has 0 bridgehead atoms. The summed E-state index contributed by atoms with van der Waals surface area (Å²) in [6.07, 6.45) is 0. The van der Waals surface area contributed by atoms with Crippen molar-refractivity contribution in [1.82, 2.24) is 0 Å². The van der Waals surface area contributed by atoms with Crippen molar-refractivity contribution in [3.8, 4) is 0 Å². The molecule has 178 valence electrons. The van der Waals surface area contributed by atoms with E-state index in [0.717, 1.165) is 31.8 Å². The molecule has 0 nitrogen and oxygen atoms in total. The Morgan fingerprint density at radius 1 is 0.306 bits per heavy atom. The Morgan fingerprint density at radius 3 is 0.806 bits per heavy atom. The highest BCUT2D eigenvalue weighted by Gasteiger charge is 2.21. The Bertz CT molecular complexity index is 1250. The minimum atomic E-state index is -1.10. The van der Waals surface area contributed by atoms with Crippen LogP contribution in [0.25, 0.3) is 0 Å². The minimum absolute atomic E-state index is 0.322. The monoisotopic (exact) mass is 518 g/mol. The summed E-state index contributed by atoms with van der Waals surface area (Å²) in [5.74, 6) is -1.29. The number of hydrogen-bond acceptors (Lipinski definition) is 0. The molecule has 0 atom stereocenters. The van der Waals surface area contributed by atoms with Crippen molar-refractivity contribution < 1.29 is 17.6 Å². The van der Waals surface area contributed by atoms with E-state index in [1.54, 1.807) is 48.5 Å². The molecule has 0 aliphatic carbocycles. The van der Waals surface area contributed by atoms with E-state index in [-0.39, 0.29) is 23.3 Å². The number of benzene rings is 5. The van der Waals surface area contributed by atoms with Crippen molar-refractivity contribution in [3.05, 3.63) is 145 Å². The summed E-state index contributed by atoms with van der Waals surface area (Å²) >= 11 is 0. The molecule has 6 heteroatoms. The topological polar surface area (TPSA) is 0 Å². The van der Waals surface area contributed by atoms with Crippen LogP contribution in [0.3, 0.4) is 0 Å². The van der Waals surface area contributed by atoms with Gasteiger partial charge in [0.05, 0.1) is 0 Å². The fourth-order valence-electron chi connectivity index (χ4n) is 4.03. The summed E-state index contributed by atoms with van der Waals surface area (Å²) in [4.78, 5) is 0. The maximum atomic E-state index is 13.7. The van der Waals surface area contributed by atoms with Gasteiger partial charge in [-0.1, -0.05) is 66.7 Å². The van der Waals surface area contributed by atoms with Gasteiger partial charge in [0.1, 0.15) is 23.3 Å². The Labute approximate surface area is 209 Å². The van der Waals surface area contributed by atoms with E-state index in [2.05, 4.69) is 6.07 Å². The summed E-state index contributed by atoms with van der Waals surface area (Å²) in [5.41, 5.74) is 0. The van der Waals surface area contributed by atoms with Gasteiger partial charge in [-0.05, 0) is 102 Å². The second-order valence-electron chi connectivity index (χ2n) is 8.10. The fourth-order valence-corrected chi connectivity index (χ4v) is 8.71. The highest BCUT2D eigenvalue weighted by atomic mass is 31.1. The van der Waals surface area contributed by atoms with E-state index in [1.807, 2.05) is 18.2 Å². The van der Waals surface area contributed by atoms with Crippen LogP contribution in [0.1, 0.15) is 0 Å². The lowest BCUT2D eigenvalue weighted by atomic mass is 10.3. The fraction of sp³-hybridized carbons (Fsp3) is 0. The van der Waals surface area contributed by atoms with Crippen molar-refractivity contribution in [2.24, 2.45) is 0 Å². The largest absolute Gasteiger partial charge is 0.207 e. The van der Waals surface area contributed by atoms with Crippen LogP contribution in [0.15, 0.2) is 121 Å². The van der Waals surface area contributed by atoms with Crippen LogP contribution in [0, 0.1) is 23.3 Å². The predicted octanol–water partition coefficient (Wildman–Crippen LogP) is 5.76. The maximum Gasteiger partial charge on any atom is 0.123 e. The van der Waals surface area contributed by atoms with Gasteiger partial charge >= 0.3 is 0 Å². The number of hydrogen-bond donors (Lipinski definition) is 0. The third-order valence-electron chi connectivity index (χ3n) is 5.69. The second-order valence-corrected chi connectivity index (χ2v) is 12.5. The Hall–Kier alpha value is -3.32. The quantitative estimate of drug-likeness (QED) is 0.198. The van der Waals surface area contributed by atoms with Gasteiger partial charge in [0.2, 0.25) is 0 Å². The summed E-state index contributed by atoms with van der Waals surface area (Å²) in [5, 5.41) is 5.76. The molecule has 0 spiro atoms. The second kappa shape index (κ2) is 10.7. The van der Waals surface area contributed by atoms with Gasteiger partial charge < -0.3 is 0 Å². The van der Waals surface area contributed by atoms with Crippen LogP contribution < -0.4 is 31.8 Å². The maximum absolute atomic E-state index is 13.7. The molecule has 0 amide bonds. The standard InChI is InChI=1S/C30H20F4P2/c31-21-4-12-25(13-5-21)35(26-14-6-22(32)7-15-26)29-2-1-3-30(20-29)36(27-16-8-23(33)9-17-27)28-18-10-24(34)11-19-28/h1-20H. The van der Waals surface area contributed by atoms with E-state index < -0.39 is 15.8 Å². The zero-order valence-corrected chi connectivity index (χ0v) is 20.7. The van der Waals surface area contributed by atoms with Gasteiger partial charge in [-0.15, -0.1) is 0 Å². The van der Waals surface area contributed by atoms with Crippen LogP contribution in [0.2, 0.25) is 0 Å². The van der Waals surface area contributed by atoms with E-state index in [0.29, 0.717) is 0 Å². The first-order chi connectivity index (χ1) is 17.5. The lowest BCUT2D eigenvalue weighted by Crippen LogP contribution is -2.26. The van der Waals surface area contributed by atoms with Crippen molar-refractivity contribution in [2.75, 3.05) is 0 Å². The molecule has 0 aliphatic heterocycles. The molecular weight excluding hydrogens is 498 g/mol. The van der Waals surface area contributed by atoms with E-state index >= 15 is 0 Å². The predicted molar refractivity (Wildman–Crippen MR) is 144 cm³/mol. The summed E-state index contributed by atoms with van der Waals surface area (Å²) in [6.45, 7) is 0. The molecule has 0 fully saturated rings. The highest BCUT2D eigenvalue weighted by Crippen LogP contribution is 2.36. The molecule has 5 rings (SSSR count). The normalized spacial score (nSPS) is 11.3. The minimum Gasteiger partial charge on any atom is -0.207 e. The molecule has 0 heterocycles. The average Bonchev–Trinajstić information content (AvgIpc) is 2.89. The lowest BCUT2D eigenvalue weighted by molar-refractivity contribution is 0.628. The first-order valence-corrected chi connectivity index (χ1v) is 13.9. The zero-order valence-electron chi connectivity index (χ0n) is 19.0. The van der Waals surface area contributed by atoms with E-state index in [9.17, 15) is 17.6 Å². The van der Waals surface area contributed by atoms with Gasteiger partial charge in [0.25, 0.3) is 0 Å². The molecule has 0 saturated heterocycles.